The number of carbonyl (C=O) groups excluding carboxylic acids is 1. The first-order chi connectivity index (χ1) is 12.1. The number of Topliss-reactive ketones (excluding diaryl/α,β-unsaturated/α-hetero) is 1. The molecule has 0 radical (unpaired) electrons. The van der Waals surface area contributed by atoms with Crippen molar-refractivity contribution in [3.63, 3.8) is 0 Å². The molecule has 0 saturated carbocycles. The summed E-state index contributed by atoms with van der Waals surface area (Å²) in [7, 11) is 0. The Hall–Kier alpha value is -2.68. The molecule has 0 N–H and O–H groups in total. The monoisotopic (exact) mass is 337 g/mol. The van der Waals surface area contributed by atoms with Crippen molar-refractivity contribution in [2.75, 3.05) is 0 Å². The van der Waals surface area contributed by atoms with Crippen LogP contribution in [0.1, 0.15) is 40.0 Å². The number of nitrogens with zero attached hydrogens (tertiary/aromatic N) is 1. The lowest BCUT2D eigenvalue weighted by molar-refractivity contribution is -0.116. The van der Waals surface area contributed by atoms with Gasteiger partial charge in [0, 0.05) is 24.5 Å². The van der Waals surface area contributed by atoms with Gasteiger partial charge >= 0.3 is 0 Å². The predicted octanol–water partition coefficient (Wildman–Crippen LogP) is 6.33. The molecular formula is C22H27NO2. The van der Waals surface area contributed by atoms with Crippen LogP contribution in [-0.4, -0.2) is 10.8 Å². The van der Waals surface area contributed by atoms with Gasteiger partial charge in [0.05, 0.1) is 0 Å². The molecule has 25 heavy (non-hydrogen) atoms. The van der Waals surface area contributed by atoms with Crippen LogP contribution >= 0.6 is 0 Å². The van der Waals surface area contributed by atoms with E-state index >= 15 is 0 Å². The number of hydrogen-bond acceptors (Lipinski definition) is 3. The molecule has 3 aromatic rings. The summed E-state index contributed by atoms with van der Waals surface area (Å²) < 4.78 is 5.74. The number of oxazole rings is 1. The second-order valence-corrected chi connectivity index (χ2v) is 5.20. The molecule has 0 atom stereocenters. The molecule has 1 heterocycles. The third-order valence-electron chi connectivity index (χ3n) is 3.32. The summed E-state index contributed by atoms with van der Waals surface area (Å²) in [5, 5.41) is 0. The molecule has 3 nitrogen and oxygen atoms in total. The second-order valence-electron chi connectivity index (χ2n) is 5.20. The largest absolute Gasteiger partial charge is 0.440 e. The van der Waals surface area contributed by atoms with E-state index in [4.69, 9.17) is 4.42 Å². The van der Waals surface area contributed by atoms with E-state index in [0.29, 0.717) is 12.3 Å². The third kappa shape index (κ3) is 6.38. The number of aryl methyl sites for hydroxylation is 1. The van der Waals surface area contributed by atoms with Gasteiger partial charge in [0.2, 0.25) is 0 Å². The topological polar surface area (TPSA) is 43.1 Å². The normalized spacial score (nSPS) is 9.32. The van der Waals surface area contributed by atoms with Gasteiger partial charge in [0.15, 0.2) is 11.7 Å². The van der Waals surface area contributed by atoms with Gasteiger partial charge in [0.25, 0.3) is 0 Å². The van der Waals surface area contributed by atoms with Crippen LogP contribution in [0.3, 0.4) is 0 Å². The highest BCUT2D eigenvalue weighted by Crippen LogP contribution is 2.32. The van der Waals surface area contributed by atoms with Crippen molar-refractivity contribution in [3.05, 3.63) is 66.6 Å². The lowest BCUT2D eigenvalue weighted by Gasteiger charge is -2.00. The summed E-state index contributed by atoms with van der Waals surface area (Å²) in [5.74, 6) is 1.78. The van der Waals surface area contributed by atoms with Crippen molar-refractivity contribution < 1.29 is 9.21 Å². The summed E-state index contributed by atoms with van der Waals surface area (Å²) in [6.07, 6.45) is 0.667. The van der Waals surface area contributed by atoms with Crippen LogP contribution in [0.2, 0.25) is 0 Å². The molecular weight excluding hydrogens is 310 g/mol. The van der Waals surface area contributed by atoms with Gasteiger partial charge in [-0.3, -0.25) is 0 Å². The maximum atomic E-state index is 9.81. The molecule has 0 fully saturated rings. The lowest BCUT2D eigenvalue weighted by Crippen LogP contribution is -1.81. The molecule has 0 spiro atoms. The number of ketones is 1. The highest BCUT2D eigenvalue weighted by Gasteiger charge is 2.14. The van der Waals surface area contributed by atoms with E-state index in [0.717, 1.165) is 22.6 Å². The fraction of sp³-hybridized carbons (Fsp3) is 0.273. The molecule has 0 amide bonds. The average molecular weight is 337 g/mol. The Kier molecular flexibility index (Phi) is 8.94. The summed E-state index contributed by atoms with van der Waals surface area (Å²) >= 11 is 0. The van der Waals surface area contributed by atoms with E-state index in [2.05, 4.69) is 4.98 Å². The van der Waals surface area contributed by atoms with Crippen LogP contribution in [0.25, 0.3) is 22.6 Å². The Balaban J connectivity index is 0.000000388. The fourth-order valence-electron chi connectivity index (χ4n) is 2.00. The van der Waals surface area contributed by atoms with E-state index in [1.54, 1.807) is 6.92 Å². The number of aromatic nitrogens is 1. The van der Waals surface area contributed by atoms with Crippen LogP contribution in [-0.2, 0) is 4.79 Å². The zero-order valence-corrected chi connectivity index (χ0v) is 15.7. The highest BCUT2D eigenvalue weighted by molar-refractivity contribution is 5.76. The van der Waals surface area contributed by atoms with Gasteiger partial charge < -0.3 is 9.21 Å². The van der Waals surface area contributed by atoms with E-state index < -0.39 is 0 Å². The molecule has 0 bridgehead atoms. The van der Waals surface area contributed by atoms with Crippen LogP contribution < -0.4 is 0 Å². The predicted molar refractivity (Wildman–Crippen MR) is 104 cm³/mol. The summed E-state index contributed by atoms with van der Waals surface area (Å²) in [6, 6.07) is 20.2. The quantitative estimate of drug-likeness (QED) is 0.561. The van der Waals surface area contributed by atoms with Crippen LogP contribution in [0.5, 0.6) is 0 Å². The standard InChI is InChI=1S/C16H13NO.C4H8O.C2H6/c1-12-17-15(13-8-4-2-5-9-13)16(18-12)14-10-6-3-7-11-14;1-3-4(2)5;1-2/h2-11H,1H3;3H2,1-2H3;1-2H3. The Morgan fingerprint density at radius 3 is 1.80 bits per heavy atom. The minimum atomic E-state index is 0.255. The third-order valence-corrected chi connectivity index (χ3v) is 3.32. The summed E-state index contributed by atoms with van der Waals surface area (Å²) in [4.78, 5) is 14.3. The average Bonchev–Trinajstić information content (AvgIpc) is 3.07. The maximum absolute atomic E-state index is 9.81. The molecule has 0 saturated heterocycles. The van der Waals surface area contributed by atoms with Gasteiger partial charge in [-0.15, -0.1) is 0 Å². The number of rotatable bonds is 3. The smallest absolute Gasteiger partial charge is 0.192 e. The first-order valence-corrected chi connectivity index (χ1v) is 8.69. The van der Waals surface area contributed by atoms with E-state index in [9.17, 15) is 4.79 Å². The Bertz CT molecular complexity index is 689. The van der Waals surface area contributed by atoms with Gasteiger partial charge in [-0.05, 0) is 6.92 Å². The first kappa shape index (κ1) is 20.4. The van der Waals surface area contributed by atoms with Crippen molar-refractivity contribution in [1.29, 1.82) is 0 Å². The molecule has 3 heteroatoms. The number of benzene rings is 2. The first-order valence-electron chi connectivity index (χ1n) is 8.69. The van der Waals surface area contributed by atoms with Crippen LogP contribution in [0, 0.1) is 6.92 Å². The lowest BCUT2D eigenvalue weighted by atomic mass is 10.1. The van der Waals surface area contributed by atoms with Crippen LogP contribution in [0.4, 0.5) is 0 Å². The molecule has 0 aliphatic rings. The minimum absolute atomic E-state index is 0.255. The van der Waals surface area contributed by atoms with E-state index in [1.165, 1.54) is 0 Å². The second kappa shape index (κ2) is 11.0. The molecule has 0 unspecified atom stereocenters. The van der Waals surface area contributed by atoms with Gasteiger partial charge in [-0.2, -0.15) is 0 Å². The van der Waals surface area contributed by atoms with Crippen molar-refractivity contribution >= 4 is 5.78 Å². The highest BCUT2D eigenvalue weighted by atomic mass is 16.4. The molecule has 0 aliphatic heterocycles. The zero-order valence-electron chi connectivity index (χ0n) is 15.7. The zero-order chi connectivity index (χ0) is 18.7. The Labute approximate surface area is 150 Å². The maximum Gasteiger partial charge on any atom is 0.192 e. The fourth-order valence-corrected chi connectivity index (χ4v) is 2.00. The number of hydrogen-bond donors (Lipinski definition) is 0. The summed E-state index contributed by atoms with van der Waals surface area (Å²) in [6.45, 7) is 9.31. The van der Waals surface area contributed by atoms with Gasteiger partial charge in [0.1, 0.15) is 11.5 Å². The van der Waals surface area contributed by atoms with Crippen molar-refractivity contribution in [1.82, 2.24) is 4.98 Å². The van der Waals surface area contributed by atoms with Crippen molar-refractivity contribution in [2.45, 2.75) is 41.0 Å². The molecule has 132 valence electrons. The van der Waals surface area contributed by atoms with Gasteiger partial charge in [-0.1, -0.05) is 81.4 Å². The molecule has 1 aromatic heterocycles. The Morgan fingerprint density at radius 1 is 0.920 bits per heavy atom. The molecule has 2 aromatic carbocycles. The van der Waals surface area contributed by atoms with Crippen molar-refractivity contribution in [3.8, 4) is 22.6 Å². The van der Waals surface area contributed by atoms with Crippen molar-refractivity contribution in [2.24, 2.45) is 0 Å². The minimum Gasteiger partial charge on any atom is -0.440 e. The molecule has 0 aliphatic carbocycles. The van der Waals surface area contributed by atoms with E-state index in [1.807, 2.05) is 88.4 Å². The molecule has 3 rings (SSSR count). The number of carbonyl (C=O) groups is 1. The van der Waals surface area contributed by atoms with E-state index in [-0.39, 0.29) is 5.78 Å². The SMILES string of the molecule is CC.CCC(C)=O.Cc1nc(-c2ccccc2)c(-c2ccccc2)o1. The summed E-state index contributed by atoms with van der Waals surface area (Å²) in [5.41, 5.74) is 3.03. The van der Waals surface area contributed by atoms with Gasteiger partial charge in [-0.25, -0.2) is 4.98 Å². The van der Waals surface area contributed by atoms with Crippen LogP contribution in [0.15, 0.2) is 65.1 Å². The Morgan fingerprint density at radius 2 is 1.36 bits per heavy atom.